The first kappa shape index (κ1) is 24.5. The summed E-state index contributed by atoms with van der Waals surface area (Å²) in [5.41, 5.74) is 5.61. The highest BCUT2D eigenvalue weighted by Crippen LogP contribution is 2.28. The van der Waals surface area contributed by atoms with Gasteiger partial charge in [-0.1, -0.05) is 35.3 Å². The van der Waals surface area contributed by atoms with Gasteiger partial charge in [0.25, 0.3) is 5.91 Å². The fourth-order valence-corrected chi connectivity index (χ4v) is 2.84. The fourth-order valence-electron chi connectivity index (χ4n) is 2.23. The number of hydrogen-bond acceptors (Lipinski definition) is 5. The number of nitrogens with one attached hydrogen (secondary N) is 3. The van der Waals surface area contributed by atoms with Crippen molar-refractivity contribution in [2.24, 2.45) is 0 Å². The van der Waals surface area contributed by atoms with Gasteiger partial charge in [0.05, 0.1) is 11.6 Å². The lowest BCUT2D eigenvalue weighted by atomic mass is 10.2. The second kappa shape index (κ2) is 12.1. The minimum Gasteiger partial charge on any atom is -0.494 e. The first-order valence-electron chi connectivity index (χ1n) is 9.22. The topological polar surface area (TPSA) is 88.7 Å². The molecule has 0 saturated heterocycles. The van der Waals surface area contributed by atoms with E-state index in [-0.39, 0.29) is 10.1 Å². The second-order valence-electron chi connectivity index (χ2n) is 6.10. The summed E-state index contributed by atoms with van der Waals surface area (Å²) in [6.07, 6.45) is 2.06. The highest BCUT2D eigenvalue weighted by atomic mass is 35.5. The van der Waals surface area contributed by atoms with Gasteiger partial charge >= 0.3 is 0 Å². The Hall–Kier alpha value is -2.81. The molecule has 31 heavy (non-hydrogen) atoms. The van der Waals surface area contributed by atoms with Crippen molar-refractivity contribution in [3.05, 3.63) is 64.1 Å². The van der Waals surface area contributed by atoms with E-state index >= 15 is 0 Å². The molecule has 0 aliphatic rings. The van der Waals surface area contributed by atoms with Gasteiger partial charge in [0.15, 0.2) is 11.2 Å². The van der Waals surface area contributed by atoms with Crippen LogP contribution in [0.1, 0.15) is 19.4 Å². The smallest absolute Gasteiger partial charge is 0.279 e. The third-order valence-corrected chi connectivity index (χ3v) is 4.46. The Bertz CT molecular complexity index is 968. The first-order chi connectivity index (χ1) is 14.8. The van der Waals surface area contributed by atoms with Gasteiger partial charge in [-0.15, -0.1) is 0 Å². The Kier molecular flexibility index (Phi) is 9.58. The molecule has 0 aliphatic carbocycles. The summed E-state index contributed by atoms with van der Waals surface area (Å²) in [6.45, 7) is 4.02. The largest absolute Gasteiger partial charge is 0.494 e. The number of ether oxygens (including phenoxy) is 2. The standard InChI is InChI=1S/C21H21Cl2N3O4S/c1-3-29-16-8-4-14(5-9-16)6-11-19(27)24-21(31)26-25-20(28)13(2)30-18-10-7-15(22)12-17(18)23/h4-13H,3H2,1-2H3,(H,25,28)(H2,24,26,27,31)/b11-6+. The van der Waals surface area contributed by atoms with Crippen LogP contribution in [0.25, 0.3) is 6.08 Å². The molecule has 2 aromatic rings. The number of hydrazine groups is 1. The van der Waals surface area contributed by atoms with Crippen molar-refractivity contribution in [2.75, 3.05) is 6.61 Å². The van der Waals surface area contributed by atoms with Crippen molar-refractivity contribution in [3.8, 4) is 11.5 Å². The zero-order chi connectivity index (χ0) is 22.8. The SMILES string of the molecule is CCOc1ccc(/C=C/C(=O)NC(=S)NNC(=O)C(C)Oc2ccc(Cl)cc2Cl)cc1. The molecule has 0 spiro atoms. The van der Waals surface area contributed by atoms with Crippen LogP contribution in [-0.4, -0.2) is 29.6 Å². The van der Waals surface area contributed by atoms with Gasteiger partial charge in [0.1, 0.15) is 11.5 Å². The average Bonchev–Trinajstić information content (AvgIpc) is 2.73. The summed E-state index contributed by atoms with van der Waals surface area (Å²) in [5, 5.41) is 3.07. The highest BCUT2D eigenvalue weighted by Gasteiger charge is 2.16. The molecule has 2 rings (SSSR count). The Labute approximate surface area is 195 Å². The molecule has 0 bridgehead atoms. The van der Waals surface area contributed by atoms with Gasteiger partial charge in [-0.05, 0) is 68.0 Å². The molecule has 3 N–H and O–H groups in total. The predicted molar refractivity (Wildman–Crippen MR) is 125 cm³/mol. The molecular formula is C21H21Cl2N3O4S. The molecule has 1 unspecified atom stereocenters. The highest BCUT2D eigenvalue weighted by molar-refractivity contribution is 7.80. The number of hydrogen-bond donors (Lipinski definition) is 3. The fraction of sp³-hybridized carbons (Fsp3) is 0.190. The van der Waals surface area contributed by atoms with Crippen LogP contribution in [0, 0.1) is 0 Å². The van der Waals surface area contributed by atoms with E-state index in [0.717, 1.165) is 11.3 Å². The quantitative estimate of drug-likeness (QED) is 0.315. The zero-order valence-corrected chi connectivity index (χ0v) is 19.1. The van der Waals surface area contributed by atoms with Crippen LogP contribution in [0.5, 0.6) is 11.5 Å². The average molecular weight is 482 g/mol. The van der Waals surface area contributed by atoms with Gasteiger partial charge < -0.3 is 9.47 Å². The van der Waals surface area contributed by atoms with Crippen LogP contribution in [0.3, 0.4) is 0 Å². The van der Waals surface area contributed by atoms with Crippen LogP contribution in [0.15, 0.2) is 48.5 Å². The van der Waals surface area contributed by atoms with Crippen molar-refractivity contribution in [3.63, 3.8) is 0 Å². The molecule has 10 heteroatoms. The summed E-state index contributed by atoms with van der Waals surface area (Å²) in [5.74, 6) is 0.0798. The molecule has 164 valence electrons. The summed E-state index contributed by atoms with van der Waals surface area (Å²) in [6, 6.07) is 11.9. The molecule has 0 fully saturated rings. The van der Waals surface area contributed by atoms with Gasteiger partial charge in [0, 0.05) is 11.1 Å². The van der Waals surface area contributed by atoms with E-state index in [1.807, 2.05) is 31.2 Å². The van der Waals surface area contributed by atoms with Gasteiger partial charge in [-0.3, -0.25) is 25.8 Å². The number of carbonyl (C=O) groups is 2. The van der Waals surface area contributed by atoms with Crippen molar-refractivity contribution in [1.29, 1.82) is 0 Å². The number of halogens is 2. The lowest BCUT2D eigenvalue weighted by molar-refractivity contribution is -0.128. The number of rotatable bonds is 7. The monoisotopic (exact) mass is 481 g/mol. The maximum Gasteiger partial charge on any atom is 0.279 e. The second-order valence-corrected chi connectivity index (χ2v) is 7.35. The van der Waals surface area contributed by atoms with Crippen LogP contribution in [0.2, 0.25) is 10.0 Å². The molecule has 0 aromatic heterocycles. The Morgan fingerprint density at radius 2 is 1.84 bits per heavy atom. The van der Waals surface area contributed by atoms with Crippen LogP contribution in [-0.2, 0) is 9.59 Å². The van der Waals surface area contributed by atoms with E-state index in [9.17, 15) is 9.59 Å². The third kappa shape index (κ3) is 8.45. The van der Waals surface area contributed by atoms with E-state index in [2.05, 4.69) is 16.2 Å². The van der Waals surface area contributed by atoms with E-state index in [4.69, 9.17) is 44.9 Å². The van der Waals surface area contributed by atoms with Crippen LogP contribution < -0.4 is 25.6 Å². The van der Waals surface area contributed by atoms with Crippen molar-refractivity contribution >= 4 is 58.4 Å². The normalized spacial score (nSPS) is 11.5. The third-order valence-electron chi connectivity index (χ3n) is 3.72. The van der Waals surface area contributed by atoms with E-state index in [0.29, 0.717) is 17.4 Å². The first-order valence-corrected chi connectivity index (χ1v) is 10.4. The molecule has 0 heterocycles. The molecule has 0 aliphatic heterocycles. The molecule has 0 radical (unpaired) electrons. The molecule has 7 nitrogen and oxygen atoms in total. The van der Waals surface area contributed by atoms with Gasteiger partial charge in [0.2, 0.25) is 5.91 Å². The molecular weight excluding hydrogens is 461 g/mol. The summed E-state index contributed by atoms with van der Waals surface area (Å²) >= 11 is 16.8. The Balaban J connectivity index is 1.76. The van der Waals surface area contributed by atoms with Gasteiger partial charge in [-0.2, -0.15) is 0 Å². The number of benzene rings is 2. The predicted octanol–water partition coefficient (Wildman–Crippen LogP) is 3.89. The number of carbonyl (C=O) groups excluding carboxylic acids is 2. The molecule has 2 aromatic carbocycles. The minimum atomic E-state index is -0.885. The van der Waals surface area contributed by atoms with Crippen molar-refractivity contribution < 1.29 is 19.1 Å². The summed E-state index contributed by atoms with van der Waals surface area (Å²) < 4.78 is 10.9. The maximum atomic E-state index is 12.1. The molecule has 0 saturated carbocycles. The van der Waals surface area contributed by atoms with Crippen molar-refractivity contribution in [1.82, 2.24) is 16.2 Å². The molecule has 1 atom stereocenters. The van der Waals surface area contributed by atoms with E-state index < -0.39 is 17.9 Å². The van der Waals surface area contributed by atoms with E-state index in [1.165, 1.54) is 19.1 Å². The van der Waals surface area contributed by atoms with Gasteiger partial charge in [-0.25, -0.2) is 0 Å². The minimum absolute atomic E-state index is 0.0774. The lowest BCUT2D eigenvalue weighted by Gasteiger charge is -2.16. The lowest BCUT2D eigenvalue weighted by Crippen LogP contribution is -2.51. The Morgan fingerprint density at radius 3 is 2.48 bits per heavy atom. The Morgan fingerprint density at radius 1 is 1.13 bits per heavy atom. The van der Waals surface area contributed by atoms with Crippen LogP contribution >= 0.6 is 35.4 Å². The summed E-state index contributed by atoms with van der Waals surface area (Å²) in [4.78, 5) is 24.1. The van der Waals surface area contributed by atoms with E-state index in [1.54, 1.807) is 18.2 Å². The number of thiocarbonyl (C=S) groups is 1. The zero-order valence-electron chi connectivity index (χ0n) is 16.8. The molecule has 2 amide bonds. The maximum absolute atomic E-state index is 12.1. The summed E-state index contributed by atoms with van der Waals surface area (Å²) in [7, 11) is 0. The number of amides is 2. The van der Waals surface area contributed by atoms with Crippen LogP contribution in [0.4, 0.5) is 0 Å². The van der Waals surface area contributed by atoms with Crippen molar-refractivity contribution in [2.45, 2.75) is 20.0 Å².